The lowest BCUT2D eigenvalue weighted by molar-refractivity contribution is 0.0105. The normalized spacial score (nSPS) is 25.9. The largest absolute Gasteiger partial charge is 0.459 e. The van der Waals surface area contributed by atoms with Crippen LogP contribution < -0.4 is 0 Å². The second-order valence-electron chi connectivity index (χ2n) is 12.2. The summed E-state index contributed by atoms with van der Waals surface area (Å²) < 4.78 is 5.89. The van der Waals surface area contributed by atoms with E-state index in [1.54, 1.807) is 0 Å². The van der Waals surface area contributed by atoms with Gasteiger partial charge in [0.05, 0.1) is 17.0 Å². The molecule has 0 N–H and O–H groups in total. The van der Waals surface area contributed by atoms with E-state index in [2.05, 4.69) is 32.0 Å². The number of ether oxygens (including phenoxy) is 1. The summed E-state index contributed by atoms with van der Waals surface area (Å²) in [5.41, 5.74) is 1.84. The van der Waals surface area contributed by atoms with Gasteiger partial charge in [-0.2, -0.15) is 5.26 Å². The van der Waals surface area contributed by atoms with Gasteiger partial charge in [-0.1, -0.05) is 96.6 Å². The number of hydrogen-bond acceptors (Lipinski definition) is 3. The van der Waals surface area contributed by atoms with Crippen LogP contribution in [0.15, 0.2) is 24.3 Å². The Hall–Kier alpha value is -1.82. The summed E-state index contributed by atoms with van der Waals surface area (Å²) in [6, 6.07) is 10.9. The van der Waals surface area contributed by atoms with E-state index in [4.69, 9.17) is 4.74 Å². The summed E-state index contributed by atoms with van der Waals surface area (Å²) in [5.74, 6) is 1.36. The maximum absolute atomic E-state index is 12.8. The minimum atomic E-state index is -0.204. The smallest absolute Gasteiger partial charge is 0.338 e. The Morgan fingerprint density at radius 2 is 1.43 bits per heavy atom. The lowest BCUT2D eigenvalue weighted by Gasteiger charge is -2.34. The van der Waals surface area contributed by atoms with E-state index in [0.29, 0.717) is 11.5 Å². The fraction of sp³-hybridized carbons (Fsp3) is 0.765. The Morgan fingerprint density at radius 1 is 0.838 bits per heavy atom. The zero-order valence-corrected chi connectivity index (χ0v) is 23.9. The van der Waals surface area contributed by atoms with Crippen LogP contribution in [0.4, 0.5) is 0 Å². The van der Waals surface area contributed by atoms with Crippen LogP contribution in [0, 0.1) is 22.7 Å². The highest BCUT2D eigenvalue weighted by Crippen LogP contribution is 2.41. The van der Waals surface area contributed by atoms with E-state index in [1.807, 2.05) is 12.1 Å². The highest BCUT2D eigenvalue weighted by Gasteiger charge is 2.36. The van der Waals surface area contributed by atoms with Crippen molar-refractivity contribution in [2.75, 3.05) is 0 Å². The predicted molar refractivity (Wildman–Crippen MR) is 154 cm³/mol. The summed E-state index contributed by atoms with van der Waals surface area (Å²) >= 11 is 0. The third-order valence-electron chi connectivity index (χ3n) is 9.34. The number of carbonyl (C=O) groups excluding carboxylic acids is 1. The van der Waals surface area contributed by atoms with E-state index in [1.165, 1.54) is 95.5 Å². The monoisotopic (exact) mass is 507 g/mol. The molecule has 0 radical (unpaired) electrons. The molecule has 2 aliphatic rings. The molecule has 2 saturated carbocycles. The molecule has 0 spiro atoms. The molecular weight excluding hydrogens is 454 g/mol. The van der Waals surface area contributed by atoms with E-state index >= 15 is 0 Å². The van der Waals surface area contributed by atoms with E-state index < -0.39 is 0 Å². The minimum Gasteiger partial charge on any atom is -0.459 e. The third-order valence-corrected chi connectivity index (χ3v) is 9.34. The molecule has 0 unspecified atom stereocenters. The highest BCUT2D eigenvalue weighted by molar-refractivity contribution is 5.89. The molecule has 0 atom stereocenters. The molecule has 1 aromatic carbocycles. The Morgan fingerprint density at radius 3 is 2.03 bits per heavy atom. The Kier molecular flexibility index (Phi) is 13.0. The fourth-order valence-corrected chi connectivity index (χ4v) is 6.68. The fourth-order valence-electron chi connectivity index (χ4n) is 6.68. The molecule has 206 valence electrons. The molecule has 37 heavy (non-hydrogen) atoms. The van der Waals surface area contributed by atoms with Crippen LogP contribution in [0.1, 0.15) is 164 Å². The molecule has 1 aromatic rings. The quantitative estimate of drug-likeness (QED) is 0.175. The van der Waals surface area contributed by atoms with E-state index in [9.17, 15) is 10.1 Å². The molecule has 3 heteroatoms. The zero-order valence-electron chi connectivity index (χ0n) is 23.9. The molecule has 3 nitrogen and oxygen atoms in total. The molecular formula is C34H53NO2. The maximum atomic E-state index is 12.8. The van der Waals surface area contributed by atoms with Crippen molar-refractivity contribution < 1.29 is 9.53 Å². The van der Waals surface area contributed by atoms with Gasteiger partial charge in [-0.3, -0.25) is 0 Å². The zero-order chi connectivity index (χ0) is 26.3. The van der Waals surface area contributed by atoms with Crippen molar-refractivity contribution in [2.24, 2.45) is 11.3 Å². The van der Waals surface area contributed by atoms with Crippen LogP contribution in [0.25, 0.3) is 0 Å². The van der Waals surface area contributed by atoms with Gasteiger partial charge in [0.25, 0.3) is 0 Å². The van der Waals surface area contributed by atoms with Crippen molar-refractivity contribution >= 4 is 5.97 Å². The number of hydrogen-bond donors (Lipinski definition) is 0. The molecule has 0 aromatic heterocycles. The number of carbonyl (C=O) groups is 1. The number of nitrogens with zero attached hydrogens (tertiary/aromatic N) is 1. The molecule has 2 aliphatic carbocycles. The molecule has 0 heterocycles. The van der Waals surface area contributed by atoms with Gasteiger partial charge >= 0.3 is 5.97 Å². The number of nitriles is 1. The van der Waals surface area contributed by atoms with Crippen LogP contribution in [0.3, 0.4) is 0 Å². The summed E-state index contributed by atoms with van der Waals surface area (Å²) in [5, 5.41) is 9.85. The van der Waals surface area contributed by atoms with Gasteiger partial charge in [-0.15, -0.1) is 0 Å². The van der Waals surface area contributed by atoms with Crippen molar-refractivity contribution in [3.8, 4) is 6.07 Å². The van der Waals surface area contributed by atoms with Crippen molar-refractivity contribution in [2.45, 2.75) is 154 Å². The van der Waals surface area contributed by atoms with Crippen molar-refractivity contribution in [1.82, 2.24) is 0 Å². The second-order valence-corrected chi connectivity index (χ2v) is 12.2. The SMILES string of the molecule is CCCCCCCC1CCC(c2ccc(C(=O)OC3CCC(C#N)(CCCCCCC)CC3)cc2)CC1. The molecule has 0 amide bonds. The molecule has 3 rings (SSSR count). The van der Waals surface area contributed by atoms with Crippen LogP contribution in [0.5, 0.6) is 0 Å². The van der Waals surface area contributed by atoms with Crippen LogP contribution in [-0.2, 0) is 4.74 Å². The maximum Gasteiger partial charge on any atom is 0.338 e. The Bertz CT molecular complexity index is 807. The van der Waals surface area contributed by atoms with Gasteiger partial charge in [0.1, 0.15) is 6.10 Å². The first-order chi connectivity index (χ1) is 18.1. The van der Waals surface area contributed by atoms with Gasteiger partial charge < -0.3 is 4.74 Å². The predicted octanol–water partition coefficient (Wildman–Crippen LogP) is 10.3. The summed E-state index contributed by atoms with van der Waals surface area (Å²) in [7, 11) is 0. The second kappa shape index (κ2) is 16.2. The summed E-state index contributed by atoms with van der Waals surface area (Å²) in [4.78, 5) is 12.8. The standard InChI is InChI=1S/C34H53NO2/c1-3-5-7-9-11-13-28-14-16-29(17-15-28)30-18-20-31(21-19-30)33(36)37-32-22-25-34(27-35,26-23-32)24-12-10-8-6-4-2/h18-21,28-29,32H,3-17,22-26H2,1-2H3. The van der Waals surface area contributed by atoms with Gasteiger partial charge in [-0.05, 0) is 87.3 Å². The van der Waals surface area contributed by atoms with Crippen LogP contribution in [0.2, 0.25) is 0 Å². The lowest BCUT2D eigenvalue weighted by Crippen LogP contribution is -2.31. The Balaban J connectivity index is 1.37. The van der Waals surface area contributed by atoms with E-state index in [-0.39, 0.29) is 17.5 Å². The van der Waals surface area contributed by atoms with Gasteiger partial charge in [0.2, 0.25) is 0 Å². The topological polar surface area (TPSA) is 50.1 Å². The molecule has 0 saturated heterocycles. The summed E-state index contributed by atoms with van der Waals surface area (Å²) in [6.45, 7) is 4.51. The first kappa shape index (κ1) is 29.7. The average Bonchev–Trinajstić information content (AvgIpc) is 2.94. The number of rotatable bonds is 15. The van der Waals surface area contributed by atoms with Gasteiger partial charge in [0, 0.05) is 0 Å². The molecule has 0 aliphatic heterocycles. The first-order valence-electron chi connectivity index (χ1n) is 15.8. The average molecular weight is 508 g/mol. The van der Waals surface area contributed by atoms with Crippen molar-refractivity contribution in [3.05, 3.63) is 35.4 Å². The van der Waals surface area contributed by atoms with E-state index in [0.717, 1.165) is 44.4 Å². The van der Waals surface area contributed by atoms with Crippen molar-refractivity contribution in [1.29, 1.82) is 5.26 Å². The number of unbranched alkanes of at least 4 members (excludes halogenated alkanes) is 8. The van der Waals surface area contributed by atoms with Gasteiger partial charge in [0.15, 0.2) is 0 Å². The Labute approximate surface area is 227 Å². The number of esters is 1. The van der Waals surface area contributed by atoms with Crippen LogP contribution in [-0.4, -0.2) is 12.1 Å². The minimum absolute atomic E-state index is 0.0500. The van der Waals surface area contributed by atoms with Gasteiger partial charge in [-0.25, -0.2) is 4.79 Å². The van der Waals surface area contributed by atoms with Crippen LogP contribution >= 0.6 is 0 Å². The van der Waals surface area contributed by atoms with Crippen molar-refractivity contribution in [3.63, 3.8) is 0 Å². The summed E-state index contributed by atoms with van der Waals surface area (Å²) in [6.07, 6.45) is 24.1. The molecule has 0 bridgehead atoms. The lowest BCUT2D eigenvalue weighted by atomic mass is 9.71. The highest BCUT2D eigenvalue weighted by atomic mass is 16.5. The first-order valence-corrected chi connectivity index (χ1v) is 15.8. The number of benzene rings is 1. The third kappa shape index (κ3) is 9.77. The molecule has 2 fully saturated rings.